The van der Waals surface area contributed by atoms with E-state index in [2.05, 4.69) is 10.6 Å². The number of hydrogen-bond acceptors (Lipinski definition) is 4. The summed E-state index contributed by atoms with van der Waals surface area (Å²) >= 11 is 0. The number of ether oxygens (including phenoxy) is 1. The summed E-state index contributed by atoms with van der Waals surface area (Å²) in [6, 6.07) is 6.69. The van der Waals surface area contributed by atoms with E-state index in [0.717, 1.165) is 5.69 Å². The molecule has 0 radical (unpaired) electrons. The predicted molar refractivity (Wildman–Crippen MR) is 110 cm³/mol. The average molecular weight is 403 g/mol. The van der Waals surface area contributed by atoms with Crippen LogP contribution in [0, 0.1) is 0 Å². The molecule has 1 atom stereocenters. The third-order valence-electron chi connectivity index (χ3n) is 4.81. The molecule has 2 aliphatic heterocycles. The van der Waals surface area contributed by atoms with Crippen LogP contribution in [0.3, 0.4) is 0 Å². The van der Waals surface area contributed by atoms with E-state index in [1.807, 2.05) is 33.8 Å². The predicted octanol–water partition coefficient (Wildman–Crippen LogP) is 2.69. The maximum absolute atomic E-state index is 12.8. The summed E-state index contributed by atoms with van der Waals surface area (Å²) in [6.07, 6.45) is -0.360. The number of anilines is 2. The summed E-state index contributed by atoms with van der Waals surface area (Å²) in [4.78, 5) is 41.9. The smallest absolute Gasteiger partial charge is 0.410 e. The van der Waals surface area contributed by atoms with E-state index in [9.17, 15) is 14.4 Å². The number of amides is 5. The molecular weight excluding hydrogens is 374 g/mol. The zero-order chi connectivity index (χ0) is 21.2. The monoisotopic (exact) mass is 403 g/mol. The van der Waals surface area contributed by atoms with Crippen molar-refractivity contribution in [2.45, 2.75) is 39.3 Å². The number of nitrogens with zero attached hydrogens (tertiary/aromatic N) is 3. The third kappa shape index (κ3) is 5.10. The second-order valence-corrected chi connectivity index (χ2v) is 8.33. The Morgan fingerprint density at radius 2 is 1.97 bits per heavy atom. The molecule has 9 nitrogen and oxygen atoms in total. The van der Waals surface area contributed by atoms with Crippen molar-refractivity contribution in [2.75, 3.05) is 42.9 Å². The lowest BCUT2D eigenvalue weighted by Crippen LogP contribution is -2.57. The highest BCUT2D eigenvalue weighted by atomic mass is 16.6. The minimum Gasteiger partial charge on any atom is -0.444 e. The summed E-state index contributed by atoms with van der Waals surface area (Å²) in [6.45, 7) is 9.85. The molecule has 158 valence electrons. The molecule has 0 unspecified atom stereocenters. The fraction of sp³-hybridized carbons (Fsp3) is 0.550. The Morgan fingerprint density at radius 3 is 2.59 bits per heavy atom. The first-order valence-corrected chi connectivity index (χ1v) is 9.85. The lowest BCUT2D eigenvalue weighted by atomic mass is 10.2. The number of nitrogens with one attached hydrogen (secondary N) is 2. The van der Waals surface area contributed by atoms with E-state index in [1.165, 1.54) is 0 Å². The topological polar surface area (TPSA) is 94.2 Å². The van der Waals surface area contributed by atoms with Crippen molar-refractivity contribution < 1.29 is 19.1 Å². The number of carbonyl (C=O) groups excluding carboxylic acids is 3. The van der Waals surface area contributed by atoms with Gasteiger partial charge in [-0.1, -0.05) is 6.07 Å². The van der Waals surface area contributed by atoms with Gasteiger partial charge in [-0.25, -0.2) is 14.4 Å². The molecule has 0 aliphatic carbocycles. The number of rotatable bonds is 2. The number of urea groups is 2. The zero-order valence-electron chi connectivity index (χ0n) is 17.4. The van der Waals surface area contributed by atoms with Gasteiger partial charge in [-0.2, -0.15) is 0 Å². The first-order valence-electron chi connectivity index (χ1n) is 9.85. The van der Waals surface area contributed by atoms with E-state index in [4.69, 9.17) is 4.74 Å². The molecule has 3 rings (SSSR count). The Bertz CT molecular complexity index is 791. The van der Waals surface area contributed by atoms with Gasteiger partial charge in [-0.05, 0) is 45.9 Å². The van der Waals surface area contributed by atoms with Gasteiger partial charge in [-0.3, -0.25) is 4.90 Å². The molecule has 0 spiro atoms. The van der Waals surface area contributed by atoms with Gasteiger partial charge < -0.3 is 25.2 Å². The first kappa shape index (κ1) is 20.8. The van der Waals surface area contributed by atoms with Crippen LogP contribution in [0.1, 0.15) is 27.7 Å². The standard InChI is InChI=1S/C20H29N5O4/c1-14-13-23(19(28)29-20(2,3)4)10-11-24(14)18(27)22-15-6-5-7-16(12-15)25-9-8-21-17(25)26/h5-7,12,14H,8-11,13H2,1-4H3,(H,21,26)(H,22,27)/t14-/m0/s1. The molecule has 1 aromatic carbocycles. The molecule has 2 heterocycles. The summed E-state index contributed by atoms with van der Waals surface area (Å²) in [5, 5.41) is 5.66. The van der Waals surface area contributed by atoms with Gasteiger partial charge in [0.2, 0.25) is 0 Å². The van der Waals surface area contributed by atoms with E-state index in [0.29, 0.717) is 38.4 Å². The SMILES string of the molecule is C[C@H]1CN(C(=O)OC(C)(C)C)CCN1C(=O)Nc1cccc(N2CCNC2=O)c1. The Hall–Kier alpha value is -2.97. The van der Waals surface area contributed by atoms with Crippen LogP contribution < -0.4 is 15.5 Å². The minimum absolute atomic E-state index is 0.139. The second kappa shape index (κ2) is 8.18. The fourth-order valence-electron chi connectivity index (χ4n) is 3.42. The van der Waals surface area contributed by atoms with Crippen molar-refractivity contribution in [1.29, 1.82) is 0 Å². The molecule has 2 fully saturated rings. The van der Waals surface area contributed by atoms with Crippen LogP contribution in [0.5, 0.6) is 0 Å². The second-order valence-electron chi connectivity index (χ2n) is 8.33. The highest BCUT2D eigenvalue weighted by molar-refractivity contribution is 5.96. The van der Waals surface area contributed by atoms with E-state index < -0.39 is 5.60 Å². The molecule has 0 saturated carbocycles. The van der Waals surface area contributed by atoms with Crippen molar-refractivity contribution in [3.05, 3.63) is 24.3 Å². The molecule has 9 heteroatoms. The normalized spacial score (nSPS) is 19.8. The number of carbonyl (C=O) groups is 3. The number of hydrogen-bond donors (Lipinski definition) is 2. The zero-order valence-corrected chi connectivity index (χ0v) is 17.4. The molecule has 5 amide bonds. The van der Waals surface area contributed by atoms with E-state index in [1.54, 1.807) is 32.9 Å². The van der Waals surface area contributed by atoms with Gasteiger partial charge in [0.05, 0.1) is 0 Å². The Balaban J connectivity index is 1.59. The minimum atomic E-state index is -0.550. The van der Waals surface area contributed by atoms with Gasteiger partial charge in [0, 0.05) is 50.1 Å². The molecule has 1 aromatic rings. The van der Waals surface area contributed by atoms with Gasteiger partial charge in [0.1, 0.15) is 5.60 Å². The molecule has 2 aliphatic rings. The Kier molecular flexibility index (Phi) is 5.86. The third-order valence-corrected chi connectivity index (χ3v) is 4.81. The number of benzene rings is 1. The molecular formula is C20H29N5O4. The summed E-state index contributed by atoms with van der Waals surface area (Å²) in [7, 11) is 0. The fourth-order valence-corrected chi connectivity index (χ4v) is 3.42. The van der Waals surface area contributed by atoms with Crippen molar-refractivity contribution >= 4 is 29.5 Å². The Morgan fingerprint density at radius 1 is 1.21 bits per heavy atom. The molecule has 0 bridgehead atoms. The van der Waals surface area contributed by atoms with Crippen molar-refractivity contribution in [3.8, 4) is 0 Å². The van der Waals surface area contributed by atoms with Crippen LogP contribution in [0.2, 0.25) is 0 Å². The molecule has 0 aromatic heterocycles. The van der Waals surface area contributed by atoms with Gasteiger partial charge in [0.25, 0.3) is 0 Å². The summed E-state index contributed by atoms with van der Waals surface area (Å²) in [5.74, 6) is 0. The van der Waals surface area contributed by atoms with Crippen molar-refractivity contribution in [3.63, 3.8) is 0 Å². The maximum atomic E-state index is 12.8. The number of piperazine rings is 1. The highest BCUT2D eigenvalue weighted by Gasteiger charge is 2.32. The van der Waals surface area contributed by atoms with Crippen LogP contribution in [-0.4, -0.2) is 72.3 Å². The summed E-state index contributed by atoms with van der Waals surface area (Å²) in [5.41, 5.74) is 0.807. The van der Waals surface area contributed by atoms with E-state index >= 15 is 0 Å². The van der Waals surface area contributed by atoms with Crippen LogP contribution in [0.15, 0.2) is 24.3 Å². The van der Waals surface area contributed by atoms with Crippen LogP contribution >= 0.6 is 0 Å². The van der Waals surface area contributed by atoms with Gasteiger partial charge in [-0.15, -0.1) is 0 Å². The van der Waals surface area contributed by atoms with Crippen molar-refractivity contribution in [1.82, 2.24) is 15.1 Å². The van der Waals surface area contributed by atoms with Crippen LogP contribution in [-0.2, 0) is 4.74 Å². The van der Waals surface area contributed by atoms with Crippen LogP contribution in [0.25, 0.3) is 0 Å². The lowest BCUT2D eigenvalue weighted by Gasteiger charge is -2.40. The van der Waals surface area contributed by atoms with Gasteiger partial charge >= 0.3 is 18.2 Å². The largest absolute Gasteiger partial charge is 0.444 e. The quantitative estimate of drug-likeness (QED) is 0.794. The summed E-state index contributed by atoms with van der Waals surface area (Å²) < 4.78 is 5.42. The maximum Gasteiger partial charge on any atom is 0.410 e. The first-order chi connectivity index (χ1) is 13.6. The molecule has 2 saturated heterocycles. The average Bonchev–Trinajstić information content (AvgIpc) is 3.06. The van der Waals surface area contributed by atoms with Gasteiger partial charge in [0.15, 0.2) is 0 Å². The van der Waals surface area contributed by atoms with E-state index in [-0.39, 0.29) is 24.2 Å². The lowest BCUT2D eigenvalue weighted by molar-refractivity contribution is 0.0112. The van der Waals surface area contributed by atoms with Crippen LogP contribution in [0.4, 0.5) is 25.8 Å². The highest BCUT2D eigenvalue weighted by Crippen LogP contribution is 2.22. The Labute approximate surface area is 171 Å². The molecule has 2 N–H and O–H groups in total. The molecule has 29 heavy (non-hydrogen) atoms. The van der Waals surface area contributed by atoms with Crippen molar-refractivity contribution in [2.24, 2.45) is 0 Å².